The van der Waals surface area contributed by atoms with Crippen LogP contribution >= 0.6 is 45.2 Å². The molecule has 4 aliphatic rings. The molecule has 0 nitrogen and oxygen atoms in total. The molecule has 16 rings (SSSR count). The van der Waals surface area contributed by atoms with Gasteiger partial charge >= 0.3 is 0 Å². The molecule has 12 aromatic rings. The average Bonchev–Trinajstić information content (AvgIpc) is 1.13. The van der Waals surface area contributed by atoms with Crippen molar-refractivity contribution < 1.29 is 0 Å². The predicted octanol–water partition coefficient (Wildman–Crippen LogP) is 21.2. The summed E-state index contributed by atoms with van der Waals surface area (Å²) in [6, 6.07) is 68.5. The van der Waals surface area contributed by atoms with Crippen LogP contribution in [0.2, 0.25) is 0 Å². The van der Waals surface area contributed by atoms with Crippen molar-refractivity contribution in [2.24, 2.45) is 0 Å². The molecule has 0 saturated heterocycles. The van der Waals surface area contributed by atoms with E-state index >= 15 is 0 Å². The second-order valence-corrected chi connectivity index (χ2v) is 36.4. The van der Waals surface area contributed by atoms with Gasteiger partial charge in [-0.05, 0) is 281 Å². The van der Waals surface area contributed by atoms with Crippen molar-refractivity contribution in [1.29, 1.82) is 0 Å². The minimum absolute atomic E-state index is 0.0286. The zero-order valence-electron chi connectivity index (χ0n) is 57.1. The smallest absolute Gasteiger partial charge is 0.0657 e. The van der Waals surface area contributed by atoms with E-state index < -0.39 is 0 Å². The molecular weight excluding hydrogens is 1330 g/mol. The van der Waals surface area contributed by atoms with E-state index in [0.29, 0.717) is 0 Å². The summed E-state index contributed by atoms with van der Waals surface area (Å²) in [5.41, 5.74) is 37.6. The van der Waals surface area contributed by atoms with Crippen LogP contribution in [0.25, 0.3) is 121 Å². The highest BCUT2D eigenvalue weighted by Crippen LogP contribution is 2.56. The second kappa shape index (κ2) is 19.9. The minimum Gasteiger partial charge on any atom is -0.0657 e. The Hall–Kier alpha value is -6.73. The van der Waals surface area contributed by atoms with Gasteiger partial charge in [0.25, 0.3) is 0 Å². The minimum atomic E-state index is -0.193. The van der Waals surface area contributed by atoms with Crippen molar-refractivity contribution in [2.75, 3.05) is 0 Å². The molecule has 92 heavy (non-hydrogen) atoms. The van der Waals surface area contributed by atoms with E-state index in [-0.39, 0.29) is 45.9 Å². The van der Waals surface area contributed by atoms with Crippen LogP contribution in [0, 0.1) is 7.14 Å². The Morgan fingerprint density at radius 3 is 0.870 bits per heavy atom. The monoisotopic (exact) mass is 1410 g/mol. The molecule has 0 unspecified atom stereocenters. The zero-order valence-corrected chi connectivity index (χ0v) is 61.4. The van der Waals surface area contributed by atoms with Gasteiger partial charge in [-0.2, -0.15) is 0 Å². The van der Waals surface area contributed by atoms with E-state index in [1.165, 1.54) is 195 Å². The van der Waals surface area contributed by atoms with Crippen molar-refractivity contribution in [3.63, 3.8) is 0 Å². The molecule has 12 aromatic carbocycles. The molecule has 0 fully saturated rings. The van der Waals surface area contributed by atoms with Crippen molar-refractivity contribution in [3.05, 3.63) is 210 Å². The van der Waals surface area contributed by atoms with Gasteiger partial charge in [0.2, 0.25) is 13.4 Å². The summed E-state index contributed by atoms with van der Waals surface area (Å²) in [6.07, 6.45) is 0. The SMILES string of the molecule is CC(C)(C)c1cc(C(C)(C)C)c(-c2cc3c4c(cc5c(-c6c(C(C)(C)C)cc(C(C)(C)C)cc6C(C)(C)C)cc6c7c(cc2c4c57)B2c4ccc(-c5ccccc5)cc4-c4cc(I)cc-6c42)B2c4ccc(-c5ccccc5)cc4-c4cc(I)cc-3c42)c(C(C)(C)C)c1. The number of benzene rings is 12. The summed E-state index contributed by atoms with van der Waals surface area (Å²) in [5, 5.41) is 8.40. The summed E-state index contributed by atoms with van der Waals surface area (Å²) in [6.45, 7) is 44.1. The standard InChI is InChI=1S/C88H82B2I2/c1-83(2,3)51-35-67(85(7,8)9)75(68(36-51)86(10,11)12)57-43-59-65-41-53(91)39-63-55-33-50(48-27-23-20-24-28-48)30-32-72(55)90(81(63)65)74-46-62-58(76-69(87(13,14)15)37-52(84(4,5)6)38-70(76)88(16,17)18)44-60-66-42-54(92)40-64-56-34-49(47-25-21-19-22-26-47)29-31-71(56)89(82(64)66)73-45-61(57)79(77(59)74)80(62)78(60)73/h19-46H,1-18H3. The van der Waals surface area contributed by atoms with Gasteiger partial charge in [-0.3, -0.25) is 0 Å². The molecule has 0 N–H and O–H groups in total. The number of fused-ring (bicyclic) bond motifs is 10. The molecule has 0 amide bonds. The summed E-state index contributed by atoms with van der Waals surface area (Å²) in [5.74, 6) is 0. The van der Waals surface area contributed by atoms with Gasteiger partial charge in [0.05, 0.1) is 0 Å². The number of hydrogen-bond donors (Lipinski definition) is 0. The lowest BCUT2D eigenvalue weighted by atomic mass is 9.34. The highest BCUT2D eigenvalue weighted by Gasteiger charge is 2.47. The third-order valence-corrected chi connectivity index (χ3v) is 22.8. The largest absolute Gasteiger partial charge is 0.244 e. The first kappa shape index (κ1) is 60.2. The van der Waals surface area contributed by atoms with Gasteiger partial charge in [-0.15, -0.1) is 0 Å². The molecule has 0 aliphatic carbocycles. The van der Waals surface area contributed by atoms with E-state index in [4.69, 9.17) is 0 Å². The third-order valence-electron chi connectivity index (χ3n) is 21.5. The van der Waals surface area contributed by atoms with Gasteiger partial charge in [0.1, 0.15) is 0 Å². The van der Waals surface area contributed by atoms with Crippen LogP contribution in [-0.2, 0) is 32.5 Å². The molecule has 0 bridgehead atoms. The summed E-state index contributed by atoms with van der Waals surface area (Å²) in [7, 11) is 0. The molecule has 0 atom stereocenters. The summed E-state index contributed by atoms with van der Waals surface area (Å²) >= 11 is 5.29. The van der Waals surface area contributed by atoms with Crippen molar-refractivity contribution in [1.82, 2.24) is 0 Å². The maximum absolute atomic E-state index is 2.78. The molecular formula is C88H82B2I2. The Morgan fingerprint density at radius 1 is 0.250 bits per heavy atom. The predicted molar refractivity (Wildman–Crippen MR) is 421 cm³/mol. The average molecular weight is 1420 g/mol. The lowest BCUT2D eigenvalue weighted by molar-refractivity contribution is 0.550. The Balaban J connectivity index is 1.17. The van der Waals surface area contributed by atoms with E-state index in [2.05, 4.69) is 340 Å². The van der Waals surface area contributed by atoms with Crippen LogP contribution < -0.4 is 32.8 Å². The Morgan fingerprint density at radius 2 is 0.565 bits per heavy atom. The van der Waals surface area contributed by atoms with E-state index in [1.807, 2.05) is 0 Å². The van der Waals surface area contributed by atoms with Gasteiger partial charge in [-0.1, -0.05) is 279 Å². The molecule has 4 heteroatoms. The third kappa shape index (κ3) is 8.93. The molecule has 0 spiro atoms. The quantitative estimate of drug-likeness (QED) is 0.0936. The number of halogens is 2. The first-order chi connectivity index (χ1) is 43.3. The van der Waals surface area contributed by atoms with Crippen LogP contribution in [0.4, 0.5) is 0 Å². The van der Waals surface area contributed by atoms with Crippen LogP contribution in [0.15, 0.2) is 170 Å². The molecule has 0 radical (unpaired) electrons. The summed E-state index contributed by atoms with van der Waals surface area (Å²) < 4.78 is 2.54. The molecule has 0 aromatic heterocycles. The Kier molecular flexibility index (Phi) is 13.0. The lowest BCUT2D eigenvalue weighted by Crippen LogP contribution is -2.53. The maximum atomic E-state index is 2.78. The van der Waals surface area contributed by atoms with Gasteiger partial charge in [-0.25, -0.2) is 0 Å². The van der Waals surface area contributed by atoms with Crippen LogP contribution in [0.1, 0.15) is 158 Å². The van der Waals surface area contributed by atoms with E-state index in [9.17, 15) is 0 Å². The number of hydrogen-bond acceptors (Lipinski definition) is 0. The second-order valence-electron chi connectivity index (χ2n) is 33.9. The van der Waals surface area contributed by atoms with E-state index in [1.54, 1.807) is 0 Å². The lowest BCUT2D eigenvalue weighted by Gasteiger charge is -2.37. The summed E-state index contributed by atoms with van der Waals surface area (Å²) in [4.78, 5) is 0. The van der Waals surface area contributed by atoms with Crippen LogP contribution in [0.3, 0.4) is 0 Å². The van der Waals surface area contributed by atoms with Gasteiger partial charge in [0, 0.05) is 7.14 Å². The topological polar surface area (TPSA) is 0 Å². The molecule has 0 saturated carbocycles. The number of rotatable bonds is 4. The fraction of sp³-hybridized carbons (Fsp3) is 0.273. The fourth-order valence-corrected chi connectivity index (χ4v) is 18.3. The van der Waals surface area contributed by atoms with Crippen molar-refractivity contribution in [3.8, 4) is 89.0 Å². The van der Waals surface area contributed by atoms with Gasteiger partial charge < -0.3 is 0 Å². The molecule has 4 heterocycles. The Labute approximate surface area is 575 Å². The normalized spacial score (nSPS) is 14.0. The van der Waals surface area contributed by atoms with Gasteiger partial charge in [0.15, 0.2) is 0 Å². The van der Waals surface area contributed by atoms with Crippen LogP contribution in [-0.4, -0.2) is 13.4 Å². The first-order valence-corrected chi connectivity index (χ1v) is 35.7. The first-order valence-electron chi connectivity index (χ1n) is 33.6. The zero-order chi connectivity index (χ0) is 64.7. The van der Waals surface area contributed by atoms with Crippen LogP contribution in [0.5, 0.6) is 0 Å². The van der Waals surface area contributed by atoms with E-state index in [0.717, 1.165) is 0 Å². The highest BCUT2D eigenvalue weighted by molar-refractivity contribution is 14.1. The van der Waals surface area contributed by atoms with Crippen molar-refractivity contribution >= 4 is 124 Å². The molecule has 4 aliphatic heterocycles. The maximum Gasteiger partial charge on any atom is 0.244 e. The highest BCUT2D eigenvalue weighted by atomic mass is 127. The molecule has 454 valence electrons. The van der Waals surface area contributed by atoms with Crippen molar-refractivity contribution in [2.45, 2.75) is 157 Å². The Bertz CT molecular complexity index is 4810. The fourth-order valence-electron chi connectivity index (χ4n) is 17.1.